The van der Waals surface area contributed by atoms with E-state index in [2.05, 4.69) is 10.3 Å². The summed E-state index contributed by atoms with van der Waals surface area (Å²) in [7, 11) is 0. The van der Waals surface area contributed by atoms with Crippen molar-refractivity contribution in [3.8, 4) is 0 Å². The summed E-state index contributed by atoms with van der Waals surface area (Å²) < 4.78 is 51.7. The lowest BCUT2D eigenvalue weighted by atomic mass is 10.1. The van der Waals surface area contributed by atoms with Gasteiger partial charge in [0.2, 0.25) is 0 Å². The fraction of sp³-hybridized carbons (Fsp3) is 0.357. The first kappa shape index (κ1) is 15.9. The Hall–Kier alpha value is -1.47. The van der Waals surface area contributed by atoms with Crippen molar-refractivity contribution in [2.24, 2.45) is 0 Å². The normalized spacial score (nSPS) is 11.9. The summed E-state index contributed by atoms with van der Waals surface area (Å²) in [5.74, 6) is -0.373. The second-order valence-electron chi connectivity index (χ2n) is 4.46. The van der Waals surface area contributed by atoms with E-state index in [1.165, 1.54) is 12.1 Å². The molecule has 1 aromatic carbocycles. The molecule has 114 valence electrons. The second-order valence-corrected chi connectivity index (χ2v) is 5.63. The molecule has 7 heteroatoms. The van der Waals surface area contributed by atoms with E-state index in [0.29, 0.717) is 11.6 Å². The molecule has 0 saturated heterocycles. The first-order chi connectivity index (χ1) is 9.90. The van der Waals surface area contributed by atoms with Crippen LogP contribution in [0, 0.1) is 5.82 Å². The zero-order chi connectivity index (χ0) is 15.5. The van der Waals surface area contributed by atoms with Crippen molar-refractivity contribution in [3.63, 3.8) is 0 Å². The Kier molecular flexibility index (Phi) is 4.95. The summed E-state index contributed by atoms with van der Waals surface area (Å²) in [5, 5.41) is 3.26. The van der Waals surface area contributed by atoms with E-state index in [1.54, 1.807) is 12.1 Å². The zero-order valence-corrected chi connectivity index (χ0v) is 12.1. The highest BCUT2D eigenvalue weighted by Crippen LogP contribution is 2.34. The number of alkyl halides is 3. The minimum atomic E-state index is -4.46. The molecule has 0 aliphatic rings. The number of hydrogen-bond donors (Lipinski definition) is 1. The van der Waals surface area contributed by atoms with Crippen molar-refractivity contribution >= 4 is 11.3 Å². The van der Waals surface area contributed by atoms with Crippen molar-refractivity contribution in [2.75, 3.05) is 6.54 Å². The van der Waals surface area contributed by atoms with Gasteiger partial charge in [-0.1, -0.05) is 19.1 Å². The van der Waals surface area contributed by atoms with Gasteiger partial charge in [0.15, 0.2) is 5.69 Å². The predicted octanol–water partition coefficient (Wildman–Crippen LogP) is 4.00. The molecule has 0 bridgehead atoms. The largest absolute Gasteiger partial charge is 0.434 e. The van der Waals surface area contributed by atoms with Crippen LogP contribution in [0.3, 0.4) is 0 Å². The topological polar surface area (TPSA) is 24.9 Å². The van der Waals surface area contributed by atoms with E-state index in [0.717, 1.165) is 16.9 Å². The number of thiazole rings is 1. The van der Waals surface area contributed by atoms with E-state index >= 15 is 0 Å². The summed E-state index contributed by atoms with van der Waals surface area (Å²) in [4.78, 5) is 3.89. The van der Waals surface area contributed by atoms with Crippen molar-refractivity contribution < 1.29 is 17.6 Å². The highest BCUT2D eigenvalue weighted by molar-refractivity contribution is 7.11. The van der Waals surface area contributed by atoms with Crippen LogP contribution >= 0.6 is 11.3 Å². The third kappa shape index (κ3) is 4.25. The Bertz CT molecular complexity index is 590. The van der Waals surface area contributed by atoms with Crippen LogP contribution in [0.2, 0.25) is 0 Å². The van der Waals surface area contributed by atoms with Gasteiger partial charge in [-0.15, -0.1) is 11.3 Å². The number of nitrogens with zero attached hydrogens (tertiary/aromatic N) is 1. The van der Waals surface area contributed by atoms with Crippen LogP contribution in [-0.2, 0) is 19.1 Å². The van der Waals surface area contributed by atoms with E-state index in [-0.39, 0.29) is 23.7 Å². The number of benzene rings is 1. The number of halogens is 4. The maximum Gasteiger partial charge on any atom is 0.434 e. The van der Waals surface area contributed by atoms with Gasteiger partial charge in [-0.05, 0) is 24.2 Å². The molecule has 2 aromatic rings. The Labute approximate surface area is 123 Å². The van der Waals surface area contributed by atoms with Crippen molar-refractivity contribution in [1.82, 2.24) is 10.3 Å². The zero-order valence-electron chi connectivity index (χ0n) is 11.3. The van der Waals surface area contributed by atoms with E-state index in [1.807, 2.05) is 6.92 Å². The Balaban J connectivity index is 2.23. The van der Waals surface area contributed by atoms with Crippen LogP contribution in [0.5, 0.6) is 0 Å². The van der Waals surface area contributed by atoms with E-state index < -0.39 is 11.9 Å². The molecule has 0 aliphatic heterocycles. The average Bonchev–Trinajstić information content (AvgIpc) is 2.82. The van der Waals surface area contributed by atoms with Crippen LogP contribution in [-0.4, -0.2) is 11.5 Å². The minimum Gasteiger partial charge on any atom is -0.312 e. The fourth-order valence-corrected chi connectivity index (χ4v) is 2.93. The Morgan fingerprint density at radius 3 is 2.43 bits per heavy atom. The lowest BCUT2D eigenvalue weighted by Crippen LogP contribution is -2.15. The molecule has 0 aliphatic carbocycles. The lowest BCUT2D eigenvalue weighted by Gasteiger charge is -2.05. The van der Waals surface area contributed by atoms with Gasteiger partial charge >= 0.3 is 6.18 Å². The molecule has 0 radical (unpaired) electrons. The number of nitrogens with one attached hydrogen (secondary N) is 1. The Morgan fingerprint density at radius 1 is 1.19 bits per heavy atom. The first-order valence-corrected chi connectivity index (χ1v) is 7.22. The minimum absolute atomic E-state index is 0.145. The van der Waals surface area contributed by atoms with Gasteiger partial charge in [0, 0.05) is 13.0 Å². The first-order valence-electron chi connectivity index (χ1n) is 6.41. The van der Waals surface area contributed by atoms with Crippen LogP contribution in [0.15, 0.2) is 24.3 Å². The quantitative estimate of drug-likeness (QED) is 0.843. The molecule has 0 amide bonds. The molecule has 2 nitrogen and oxygen atoms in total. The molecule has 0 spiro atoms. The standard InChI is InChI=1S/C14H14F4N2S/c1-2-19-8-11-13(14(16,17)18)20-12(21-11)7-9-3-5-10(15)6-4-9/h3-6,19H,2,7-8H2,1H3. The average molecular weight is 318 g/mol. The lowest BCUT2D eigenvalue weighted by molar-refractivity contribution is -0.141. The highest BCUT2D eigenvalue weighted by Gasteiger charge is 2.37. The monoisotopic (exact) mass is 318 g/mol. The van der Waals surface area contributed by atoms with E-state index in [9.17, 15) is 17.6 Å². The molecular formula is C14H14F4N2S. The third-order valence-corrected chi connectivity index (χ3v) is 3.87. The molecule has 0 atom stereocenters. The second kappa shape index (κ2) is 6.53. The molecule has 21 heavy (non-hydrogen) atoms. The summed E-state index contributed by atoms with van der Waals surface area (Å²) in [6.45, 7) is 2.56. The maximum absolute atomic E-state index is 12.9. The predicted molar refractivity (Wildman–Crippen MR) is 73.7 cm³/mol. The van der Waals surface area contributed by atoms with Gasteiger partial charge in [0.05, 0.1) is 9.88 Å². The van der Waals surface area contributed by atoms with Gasteiger partial charge in [-0.2, -0.15) is 13.2 Å². The van der Waals surface area contributed by atoms with Gasteiger partial charge in [-0.3, -0.25) is 0 Å². The molecule has 0 unspecified atom stereocenters. The maximum atomic E-state index is 12.9. The number of hydrogen-bond acceptors (Lipinski definition) is 3. The number of rotatable bonds is 5. The highest BCUT2D eigenvalue weighted by atomic mass is 32.1. The summed E-state index contributed by atoms with van der Waals surface area (Å²) in [5.41, 5.74) is -0.0977. The van der Waals surface area contributed by atoms with Crippen LogP contribution in [0.1, 0.15) is 28.1 Å². The van der Waals surface area contributed by atoms with Crippen LogP contribution < -0.4 is 5.32 Å². The van der Waals surface area contributed by atoms with Crippen LogP contribution in [0.25, 0.3) is 0 Å². The summed E-state index contributed by atoms with van der Waals surface area (Å²) in [6.07, 6.45) is -4.19. The third-order valence-electron chi connectivity index (χ3n) is 2.81. The van der Waals surface area contributed by atoms with Gasteiger partial charge in [0.25, 0.3) is 0 Å². The molecule has 2 rings (SSSR count). The molecule has 0 fully saturated rings. The van der Waals surface area contributed by atoms with Crippen LogP contribution in [0.4, 0.5) is 17.6 Å². The van der Waals surface area contributed by atoms with Gasteiger partial charge < -0.3 is 5.32 Å². The smallest absolute Gasteiger partial charge is 0.312 e. The van der Waals surface area contributed by atoms with Gasteiger partial charge in [0.1, 0.15) is 5.82 Å². The van der Waals surface area contributed by atoms with Gasteiger partial charge in [-0.25, -0.2) is 9.37 Å². The summed E-state index contributed by atoms with van der Waals surface area (Å²) >= 11 is 1.04. The number of aromatic nitrogens is 1. The molecule has 1 heterocycles. The molecule has 1 aromatic heterocycles. The van der Waals surface area contributed by atoms with E-state index in [4.69, 9.17) is 0 Å². The molecule has 0 saturated carbocycles. The van der Waals surface area contributed by atoms with Crippen molar-refractivity contribution in [2.45, 2.75) is 26.1 Å². The molecular weight excluding hydrogens is 304 g/mol. The SMILES string of the molecule is CCNCc1sc(Cc2ccc(F)cc2)nc1C(F)(F)F. The van der Waals surface area contributed by atoms with Crippen molar-refractivity contribution in [1.29, 1.82) is 0 Å². The Morgan fingerprint density at radius 2 is 1.86 bits per heavy atom. The molecule has 1 N–H and O–H groups in total. The summed E-state index contributed by atoms with van der Waals surface area (Å²) in [6, 6.07) is 5.67. The van der Waals surface area contributed by atoms with Crippen molar-refractivity contribution in [3.05, 3.63) is 51.2 Å². The fourth-order valence-electron chi connectivity index (χ4n) is 1.83.